The van der Waals surface area contributed by atoms with Crippen LogP contribution in [0, 0.1) is 0 Å². The molecule has 0 atom stereocenters. The predicted molar refractivity (Wildman–Crippen MR) is 45.8 cm³/mol. The average Bonchev–Trinajstić information content (AvgIpc) is 1.97. The van der Waals surface area contributed by atoms with Gasteiger partial charge in [-0.1, -0.05) is 15.9 Å². The number of rotatable bonds is 0. The Morgan fingerprint density at radius 3 is 1.75 bits per heavy atom. The molecule has 0 amide bonds. The Hall–Kier alpha value is -0.920. The van der Waals surface area contributed by atoms with E-state index in [2.05, 4.69) is 15.9 Å². The molecular weight excluding hydrogens is 306 g/mol. The first-order chi connectivity index (χ1) is 7.03. The third-order valence-corrected chi connectivity index (χ3v) is 2.31. The third-order valence-electron chi connectivity index (χ3n) is 1.68. The van der Waals surface area contributed by atoms with Crippen molar-refractivity contribution in [2.75, 3.05) is 0 Å². The van der Waals surface area contributed by atoms with Crippen LogP contribution in [-0.4, -0.2) is 5.11 Å². The third kappa shape index (κ3) is 2.60. The van der Waals surface area contributed by atoms with Crippen LogP contribution in [-0.2, 0) is 12.4 Å². The van der Waals surface area contributed by atoms with E-state index in [-0.39, 0.29) is 12.1 Å². The number of halogens is 7. The van der Waals surface area contributed by atoms with Crippen molar-refractivity contribution in [1.82, 2.24) is 0 Å². The molecule has 0 heterocycles. The Kier molecular flexibility index (Phi) is 3.15. The lowest BCUT2D eigenvalue weighted by molar-refractivity contribution is -0.142. The molecule has 1 aromatic carbocycles. The summed E-state index contributed by atoms with van der Waals surface area (Å²) in [6, 6.07) is 0.302. The summed E-state index contributed by atoms with van der Waals surface area (Å²) < 4.78 is 72.4. The van der Waals surface area contributed by atoms with E-state index in [1.807, 2.05) is 0 Å². The number of aromatic hydroxyl groups is 1. The van der Waals surface area contributed by atoms with Gasteiger partial charge in [0.15, 0.2) is 0 Å². The highest BCUT2D eigenvalue weighted by Crippen LogP contribution is 2.43. The molecule has 1 rings (SSSR count). The average molecular weight is 309 g/mol. The first kappa shape index (κ1) is 13.1. The van der Waals surface area contributed by atoms with Gasteiger partial charge in [-0.15, -0.1) is 0 Å². The molecule has 0 saturated carbocycles. The minimum Gasteiger partial charge on any atom is -0.507 e. The Morgan fingerprint density at radius 2 is 1.44 bits per heavy atom. The largest absolute Gasteiger partial charge is 0.507 e. The summed E-state index contributed by atoms with van der Waals surface area (Å²) in [7, 11) is 0. The maximum absolute atomic E-state index is 12.3. The summed E-state index contributed by atoms with van der Waals surface area (Å²) >= 11 is 2.35. The molecule has 1 nitrogen and oxygen atoms in total. The highest BCUT2D eigenvalue weighted by atomic mass is 79.9. The summed E-state index contributed by atoms with van der Waals surface area (Å²) in [6.07, 6.45) is -9.74. The highest BCUT2D eigenvalue weighted by Gasteiger charge is 2.39. The highest BCUT2D eigenvalue weighted by molar-refractivity contribution is 9.10. The van der Waals surface area contributed by atoms with Crippen LogP contribution in [0.15, 0.2) is 16.6 Å². The van der Waals surface area contributed by atoms with E-state index in [1.165, 1.54) is 0 Å². The molecule has 0 aliphatic carbocycles. The quantitative estimate of drug-likeness (QED) is 0.712. The normalized spacial score (nSPS) is 12.9. The van der Waals surface area contributed by atoms with Crippen LogP contribution >= 0.6 is 15.9 Å². The zero-order valence-corrected chi connectivity index (χ0v) is 8.83. The molecule has 1 N–H and O–H groups in total. The van der Waals surface area contributed by atoms with Crippen molar-refractivity contribution in [3.8, 4) is 5.75 Å². The van der Waals surface area contributed by atoms with Crippen LogP contribution in [0.3, 0.4) is 0 Å². The number of hydrogen-bond donors (Lipinski definition) is 1. The molecule has 1 aromatic rings. The van der Waals surface area contributed by atoms with Gasteiger partial charge >= 0.3 is 12.4 Å². The molecule has 0 saturated heterocycles. The van der Waals surface area contributed by atoms with Gasteiger partial charge in [-0.05, 0) is 12.1 Å². The van der Waals surface area contributed by atoms with Gasteiger partial charge in [-0.25, -0.2) is 0 Å². The molecule has 0 aromatic heterocycles. The summed E-state index contributed by atoms with van der Waals surface area (Å²) in [5, 5.41) is 8.92. The second-order valence-electron chi connectivity index (χ2n) is 2.85. The van der Waals surface area contributed by atoms with Crippen molar-refractivity contribution in [2.24, 2.45) is 0 Å². The Bertz CT molecular complexity index is 385. The summed E-state index contributed by atoms with van der Waals surface area (Å²) in [4.78, 5) is 0. The number of benzene rings is 1. The van der Waals surface area contributed by atoms with Gasteiger partial charge < -0.3 is 5.11 Å². The number of phenolic OH excluding ortho intramolecular Hbond substituents is 1. The topological polar surface area (TPSA) is 20.2 Å². The number of phenols is 1. The van der Waals surface area contributed by atoms with Gasteiger partial charge in [0.25, 0.3) is 0 Å². The predicted octanol–water partition coefficient (Wildman–Crippen LogP) is 4.19. The van der Waals surface area contributed by atoms with Crippen LogP contribution in [0.4, 0.5) is 26.3 Å². The molecule has 90 valence electrons. The minimum atomic E-state index is -4.92. The monoisotopic (exact) mass is 308 g/mol. The van der Waals surface area contributed by atoms with Crippen LogP contribution < -0.4 is 0 Å². The first-order valence-corrected chi connectivity index (χ1v) is 4.49. The molecule has 0 aliphatic rings. The van der Waals surface area contributed by atoms with Crippen molar-refractivity contribution in [3.63, 3.8) is 0 Å². The second-order valence-corrected chi connectivity index (χ2v) is 3.70. The lowest BCUT2D eigenvalue weighted by Gasteiger charge is -2.14. The first-order valence-electron chi connectivity index (χ1n) is 3.70. The molecular formula is C8H3BrF6O. The van der Waals surface area contributed by atoms with E-state index in [9.17, 15) is 26.3 Å². The van der Waals surface area contributed by atoms with E-state index in [4.69, 9.17) is 5.11 Å². The van der Waals surface area contributed by atoms with Crippen LogP contribution in [0.25, 0.3) is 0 Å². The lowest BCUT2D eigenvalue weighted by atomic mass is 10.1. The van der Waals surface area contributed by atoms with Gasteiger partial charge in [0, 0.05) is 4.47 Å². The molecule has 0 unspecified atom stereocenters. The Labute approximate surface area is 93.8 Å². The molecule has 8 heteroatoms. The maximum Gasteiger partial charge on any atom is 0.421 e. The standard InChI is InChI=1S/C8H3BrF6O/c9-4-1-3(7(10,11)12)2-5(16)6(4)8(13,14)15/h1-2,16H. The van der Waals surface area contributed by atoms with Gasteiger partial charge in [-0.3, -0.25) is 0 Å². The fourth-order valence-electron chi connectivity index (χ4n) is 1.04. The Balaban J connectivity index is 3.41. The van der Waals surface area contributed by atoms with E-state index in [0.29, 0.717) is 0 Å². The van der Waals surface area contributed by atoms with Crippen molar-refractivity contribution in [3.05, 3.63) is 27.7 Å². The smallest absolute Gasteiger partial charge is 0.421 e. The van der Waals surface area contributed by atoms with Crippen molar-refractivity contribution in [2.45, 2.75) is 12.4 Å². The van der Waals surface area contributed by atoms with E-state index in [0.717, 1.165) is 0 Å². The van der Waals surface area contributed by atoms with Gasteiger partial charge in [-0.2, -0.15) is 26.3 Å². The second kappa shape index (κ2) is 3.83. The zero-order chi connectivity index (χ0) is 12.7. The van der Waals surface area contributed by atoms with E-state index in [1.54, 1.807) is 0 Å². The number of hydrogen-bond acceptors (Lipinski definition) is 1. The van der Waals surface area contributed by atoms with Gasteiger partial charge in [0.1, 0.15) is 11.3 Å². The zero-order valence-electron chi connectivity index (χ0n) is 7.25. The SMILES string of the molecule is Oc1cc(C(F)(F)F)cc(Br)c1C(F)(F)F. The van der Waals surface area contributed by atoms with Crippen LogP contribution in [0.2, 0.25) is 0 Å². The fourth-order valence-corrected chi connectivity index (χ4v) is 1.71. The van der Waals surface area contributed by atoms with Gasteiger partial charge in [0.05, 0.1) is 5.56 Å². The van der Waals surface area contributed by atoms with Crippen molar-refractivity contribution in [1.29, 1.82) is 0 Å². The van der Waals surface area contributed by atoms with E-state index < -0.39 is 33.7 Å². The fraction of sp³-hybridized carbons (Fsp3) is 0.250. The summed E-state index contributed by atoms with van der Waals surface area (Å²) in [6.45, 7) is 0. The molecule has 0 fully saturated rings. The molecule has 0 aliphatic heterocycles. The molecule has 0 bridgehead atoms. The van der Waals surface area contributed by atoms with Crippen LogP contribution in [0.1, 0.15) is 11.1 Å². The maximum atomic E-state index is 12.3. The lowest BCUT2D eigenvalue weighted by Crippen LogP contribution is -2.10. The van der Waals surface area contributed by atoms with Crippen LogP contribution in [0.5, 0.6) is 5.75 Å². The van der Waals surface area contributed by atoms with E-state index >= 15 is 0 Å². The minimum absolute atomic E-state index is 0.0353. The Morgan fingerprint density at radius 1 is 0.938 bits per heavy atom. The molecule has 16 heavy (non-hydrogen) atoms. The number of alkyl halides is 6. The van der Waals surface area contributed by atoms with Gasteiger partial charge in [0.2, 0.25) is 0 Å². The summed E-state index contributed by atoms with van der Waals surface area (Å²) in [5.41, 5.74) is -2.88. The molecule has 0 spiro atoms. The molecule has 0 radical (unpaired) electrons. The van der Waals surface area contributed by atoms with Crippen molar-refractivity contribution < 1.29 is 31.4 Å². The summed E-state index contributed by atoms with van der Waals surface area (Å²) in [5.74, 6) is -1.46. The van der Waals surface area contributed by atoms with Crippen molar-refractivity contribution >= 4 is 15.9 Å².